The van der Waals surface area contributed by atoms with Crippen LogP contribution >= 0.6 is 0 Å². The highest BCUT2D eigenvalue weighted by molar-refractivity contribution is 5.71. The molecule has 1 N–H and O–H groups in total. The van der Waals surface area contributed by atoms with E-state index >= 15 is 0 Å². The minimum Gasteiger partial charge on any atom is -0.496 e. The van der Waals surface area contributed by atoms with Crippen LogP contribution in [-0.4, -0.2) is 48.5 Å². The summed E-state index contributed by atoms with van der Waals surface area (Å²) < 4.78 is 11.4. The number of hydrogen-bond donors (Lipinski definition) is 1. The summed E-state index contributed by atoms with van der Waals surface area (Å²) in [4.78, 5) is 11.9. The maximum atomic E-state index is 10.1. The van der Waals surface area contributed by atoms with E-state index in [2.05, 4.69) is 24.8 Å². The zero-order valence-electron chi connectivity index (χ0n) is 18.9. The molecule has 1 unspecified atom stereocenters. The first-order valence-electron chi connectivity index (χ1n) is 10.4. The molecule has 1 atom stereocenters. The molecule has 0 radical (unpaired) electrons. The highest BCUT2D eigenvalue weighted by Crippen LogP contribution is 2.37. The maximum Gasteiger partial charge on any atom is 0.241 e. The second kappa shape index (κ2) is 10.4. The number of anilines is 1. The van der Waals surface area contributed by atoms with Gasteiger partial charge in [-0.15, -0.1) is 0 Å². The van der Waals surface area contributed by atoms with Crippen molar-refractivity contribution in [2.24, 2.45) is 0 Å². The van der Waals surface area contributed by atoms with Crippen LogP contribution in [-0.2, 0) is 6.42 Å². The van der Waals surface area contributed by atoms with Crippen molar-refractivity contribution in [1.82, 2.24) is 9.97 Å². The van der Waals surface area contributed by atoms with Gasteiger partial charge in [0.05, 0.1) is 31.6 Å². The summed E-state index contributed by atoms with van der Waals surface area (Å²) in [7, 11) is 3.30. The first kappa shape index (κ1) is 22.9. The zero-order chi connectivity index (χ0) is 21.6. The van der Waals surface area contributed by atoms with Crippen LogP contribution in [0, 0.1) is 13.8 Å². The Labute approximate surface area is 174 Å². The molecule has 6 nitrogen and oxygen atoms in total. The lowest BCUT2D eigenvalue weighted by atomic mass is 10.0. The molecule has 1 aromatic heterocycles. The summed E-state index contributed by atoms with van der Waals surface area (Å²) in [6.07, 6.45) is 1.92. The second-order valence-electron chi connectivity index (χ2n) is 7.55. The van der Waals surface area contributed by atoms with E-state index in [4.69, 9.17) is 19.4 Å². The monoisotopic (exact) mass is 401 g/mol. The number of benzene rings is 1. The molecule has 0 aliphatic heterocycles. The lowest BCUT2D eigenvalue weighted by Crippen LogP contribution is -2.28. The molecule has 0 amide bonds. The largest absolute Gasteiger partial charge is 0.496 e. The highest BCUT2D eigenvalue weighted by Gasteiger charge is 2.23. The summed E-state index contributed by atoms with van der Waals surface area (Å²) in [6, 6.07) is 4.11. The number of hydrogen-bond acceptors (Lipinski definition) is 6. The van der Waals surface area contributed by atoms with Gasteiger partial charge in [0.1, 0.15) is 11.4 Å². The zero-order valence-corrected chi connectivity index (χ0v) is 18.9. The average Bonchev–Trinajstić information content (AvgIpc) is 2.66. The Morgan fingerprint density at radius 1 is 1.03 bits per heavy atom. The van der Waals surface area contributed by atoms with E-state index in [1.807, 2.05) is 19.9 Å². The van der Waals surface area contributed by atoms with Crippen molar-refractivity contribution >= 4 is 5.69 Å². The van der Waals surface area contributed by atoms with Gasteiger partial charge in [-0.1, -0.05) is 19.9 Å². The van der Waals surface area contributed by atoms with Crippen LogP contribution in [0.4, 0.5) is 5.69 Å². The molecule has 0 saturated heterocycles. The molecule has 0 aliphatic rings. The molecule has 0 bridgehead atoms. The van der Waals surface area contributed by atoms with Crippen LogP contribution in [0.2, 0.25) is 0 Å². The van der Waals surface area contributed by atoms with Crippen LogP contribution in [0.15, 0.2) is 12.1 Å². The van der Waals surface area contributed by atoms with Gasteiger partial charge in [-0.05, 0) is 50.8 Å². The molecule has 2 rings (SSSR count). The first-order valence-corrected chi connectivity index (χ1v) is 10.4. The lowest BCUT2D eigenvalue weighted by molar-refractivity contribution is 0.194. The molecule has 0 saturated carbocycles. The molecule has 2 aromatic rings. The van der Waals surface area contributed by atoms with Gasteiger partial charge in [0.15, 0.2) is 5.82 Å². The van der Waals surface area contributed by atoms with Gasteiger partial charge in [-0.25, -0.2) is 4.98 Å². The number of aliphatic hydroxyl groups is 1. The van der Waals surface area contributed by atoms with E-state index in [9.17, 15) is 5.11 Å². The molecule has 0 fully saturated rings. The number of nitrogens with zero attached hydrogens (tertiary/aromatic N) is 3. The fourth-order valence-electron chi connectivity index (χ4n) is 3.75. The third-order valence-corrected chi connectivity index (χ3v) is 4.77. The Kier molecular flexibility index (Phi) is 8.26. The topological polar surface area (TPSA) is 67.7 Å². The Morgan fingerprint density at radius 2 is 1.69 bits per heavy atom. The van der Waals surface area contributed by atoms with E-state index in [-0.39, 0.29) is 0 Å². The van der Waals surface area contributed by atoms with Crippen molar-refractivity contribution in [3.05, 3.63) is 29.0 Å². The maximum absolute atomic E-state index is 10.1. The minimum absolute atomic E-state index is 0.429. The van der Waals surface area contributed by atoms with Crippen LogP contribution < -0.4 is 14.4 Å². The first-order chi connectivity index (χ1) is 13.9. The molecule has 0 aliphatic carbocycles. The average molecular weight is 402 g/mol. The molecule has 1 heterocycles. The predicted octanol–water partition coefficient (Wildman–Crippen LogP) is 4.33. The smallest absolute Gasteiger partial charge is 0.241 e. The van der Waals surface area contributed by atoms with Crippen molar-refractivity contribution in [2.75, 3.05) is 32.2 Å². The van der Waals surface area contributed by atoms with Gasteiger partial charge >= 0.3 is 0 Å². The number of rotatable bonds is 10. The summed E-state index contributed by atoms with van der Waals surface area (Å²) in [5.41, 5.74) is 4.65. The predicted molar refractivity (Wildman–Crippen MR) is 118 cm³/mol. The van der Waals surface area contributed by atoms with Crippen molar-refractivity contribution < 1.29 is 14.6 Å². The fourth-order valence-corrected chi connectivity index (χ4v) is 3.75. The molecule has 29 heavy (non-hydrogen) atoms. The van der Waals surface area contributed by atoms with E-state index in [1.165, 1.54) is 0 Å². The Hall–Kier alpha value is -2.34. The number of aromatic nitrogens is 2. The van der Waals surface area contributed by atoms with Crippen LogP contribution in [0.5, 0.6) is 11.6 Å². The SMILES string of the molecule is CCCN(CCC)c1c(CC(C)O)nc(-c2cc(C)cc(C)c2OC)nc1OC. The standard InChI is InChI=1S/C23H35N3O3/c1-8-10-26(11-9-2)20-19(14-17(5)27)24-22(25-23(20)29-7)18-13-15(3)12-16(4)21(18)28-6/h12-13,17,27H,8-11,14H2,1-7H3. The van der Waals surface area contributed by atoms with Crippen molar-refractivity contribution in [3.8, 4) is 23.0 Å². The van der Waals surface area contributed by atoms with Gasteiger partial charge in [-0.3, -0.25) is 0 Å². The van der Waals surface area contributed by atoms with Gasteiger partial charge in [0.2, 0.25) is 5.88 Å². The Balaban J connectivity index is 2.75. The summed E-state index contributed by atoms with van der Waals surface area (Å²) in [5.74, 6) is 1.85. The Morgan fingerprint density at radius 3 is 2.21 bits per heavy atom. The van der Waals surface area contributed by atoms with E-state index in [1.54, 1.807) is 21.1 Å². The highest BCUT2D eigenvalue weighted by atomic mass is 16.5. The summed E-state index contributed by atoms with van der Waals surface area (Å²) >= 11 is 0. The molecular formula is C23H35N3O3. The number of methoxy groups -OCH3 is 2. The molecular weight excluding hydrogens is 366 g/mol. The third-order valence-electron chi connectivity index (χ3n) is 4.77. The van der Waals surface area contributed by atoms with E-state index in [0.717, 1.165) is 59.8 Å². The number of aliphatic hydroxyl groups excluding tert-OH is 1. The van der Waals surface area contributed by atoms with Gasteiger partial charge in [0, 0.05) is 19.5 Å². The Bertz CT molecular complexity index is 816. The molecule has 160 valence electrons. The van der Waals surface area contributed by atoms with Crippen LogP contribution in [0.25, 0.3) is 11.4 Å². The quantitative estimate of drug-likeness (QED) is 0.639. The van der Waals surface area contributed by atoms with Crippen molar-refractivity contribution in [1.29, 1.82) is 0 Å². The molecule has 0 spiro atoms. The van der Waals surface area contributed by atoms with E-state index < -0.39 is 6.10 Å². The van der Waals surface area contributed by atoms with E-state index in [0.29, 0.717) is 18.1 Å². The van der Waals surface area contributed by atoms with Gasteiger partial charge in [-0.2, -0.15) is 4.98 Å². The normalized spacial score (nSPS) is 12.0. The number of aryl methyl sites for hydroxylation is 2. The minimum atomic E-state index is -0.521. The van der Waals surface area contributed by atoms with Crippen molar-refractivity contribution in [3.63, 3.8) is 0 Å². The molecule has 6 heteroatoms. The van der Waals surface area contributed by atoms with Crippen LogP contribution in [0.1, 0.15) is 50.4 Å². The van der Waals surface area contributed by atoms with Crippen molar-refractivity contribution in [2.45, 2.75) is 60.0 Å². The molecule has 1 aromatic carbocycles. The van der Waals surface area contributed by atoms with Gasteiger partial charge in [0.25, 0.3) is 0 Å². The summed E-state index contributed by atoms with van der Waals surface area (Å²) in [6.45, 7) is 11.9. The second-order valence-corrected chi connectivity index (χ2v) is 7.55. The van der Waals surface area contributed by atoms with Gasteiger partial charge < -0.3 is 19.5 Å². The number of ether oxygens (including phenoxy) is 2. The van der Waals surface area contributed by atoms with Crippen LogP contribution in [0.3, 0.4) is 0 Å². The lowest BCUT2D eigenvalue weighted by Gasteiger charge is -2.28. The third kappa shape index (κ3) is 5.38. The summed E-state index contributed by atoms with van der Waals surface area (Å²) in [5, 5.41) is 10.1. The fraction of sp³-hybridized carbons (Fsp3) is 0.565.